The van der Waals surface area contributed by atoms with Crippen LogP contribution in [0.1, 0.15) is 39.0 Å². The highest BCUT2D eigenvalue weighted by Crippen LogP contribution is 2.29. The van der Waals surface area contributed by atoms with Gasteiger partial charge in [-0.05, 0) is 24.6 Å². The minimum Gasteiger partial charge on any atom is -0.497 e. The zero-order valence-electron chi connectivity index (χ0n) is 12.6. The van der Waals surface area contributed by atoms with Crippen molar-refractivity contribution in [2.45, 2.75) is 49.2 Å². The van der Waals surface area contributed by atoms with Gasteiger partial charge in [-0.1, -0.05) is 38.7 Å². The monoisotopic (exact) mass is 315 g/mol. The lowest BCUT2D eigenvalue weighted by Gasteiger charge is -2.12. The highest BCUT2D eigenvalue weighted by Gasteiger charge is 2.18. The zero-order valence-corrected chi connectivity index (χ0v) is 13.4. The van der Waals surface area contributed by atoms with Gasteiger partial charge >= 0.3 is 5.97 Å². The van der Waals surface area contributed by atoms with Crippen LogP contribution in [0.3, 0.4) is 0 Å². The van der Waals surface area contributed by atoms with E-state index in [1.54, 1.807) is 7.11 Å². The first-order valence-corrected chi connectivity index (χ1v) is 7.84. The van der Waals surface area contributed by atoms with Crippen molar-refractivity contribution < 1.29 is 19.8 Å². The molecule has 4 N–H and O–H groups in total. The van der Waals surface area contributed by atoms with Gasteiger partial charge in [-0.2, -0.15) is 0 Å². The lowest BCUT2D eigenvalue weighted by atomic mass is 10.1. The molecular formula is C15H25NO4S. The third-order valence-electron chi connectivity index (χ3n) is 2.91. The first-order valence-electron chi connectivity index (χ1n) is 6.96. The number of aliphatic carboxylic acids is 1. The van der Waals surface area contributed by atoms with Crippen LogP contribution in [0, 0.1) is 0 Å². The lowest BCUT2D eigenvalue weighted by molar-refractivity contribution is -0.136. The second kappa shape index (κ2) is 12.5. The molecule has 0 saturated carbocycles. The second-order valence-corrected chi connectivity index (χ2v) is 5.75. The average molecular weight is 315 g/mol. The van der Waals surface area contributed by atoms with E-state index in [4.69, 9.17) is 9.94 Å². The number of rotatable bonds is 9. The molecule has 1 aromatic rings. The van der Waals surface area contributed by atoms with E-state index in [9.17, 15) is 9.90 Å². The molecule has 0 heterocycles. The normalized spacial score (nSPS) is 11.2. The number of thioether (sulfide) groups is 1. The van der Waals surface area contributed by atoms with Gasteiger partial charge in [0.15, 0.2) is 0 Å². The summed E-state index contributed by atoms with van der Waals surface area (Å²) in [6, 6.07) is 7.56. The van der Waals surface area contributed by atoms with E-state index in [1.165, 1.54) is 24.6 Å². The van der Waals surface area contributed by atoms with E-state index in [0.717, 1.165) is 29.9 Å². The van der Waals surface area contributed by atoms with Crippen molar-refractivity contribution in [1.29, 1.82) is 0 Å². The van der Waals surface area contributed by atoms with Crippen LogP contribution in [0.4, 0.5) is 0 Å². The van der Waals surface area contributed by atoms with Crippen LogP contribution in [0.15, 0.2) is 29.2 Å². The predicted octanol–water partition coefficient (Wildman–Crippen LogP) is 3.55. The molecule has 0 fully saturated rings. The third-order valence-corrected chi connectivity index (χ3v) is 4.16. The summed E-state index contributed by atoms with van der Waals surface area (Å²) in [4.78, 5) is 12.2. The summed E-state index contributed by atoms with van der Waals surface area (Å²) in [5.41, 5.74) is 0. The number of benzene rings is 1. The number of hydrogen-bond donors (Lipinski definition) is 3. The van der Waals surface area contributed by atoms with Crippen molar-refractivity contribution in [3.05, 3.63) is 24.3 Å². The molecule has 1 aromatic carbocycles. The summed E-state index contributed by atoms with van der Waals surface area (Å²) in [6.07, 6.45) is 5.15. The average Bonchev–Trinajstić information content (AvgIpc) is 2.52. The lowest BCUT2D eigenvalue weighted by Crippen LogP contribution is -2.16. The van der Waals surface area contributed by atoms with E-state index < -0.39 is 5.97 Å². The Morgan fingerprint density at radius 1 is 1.33 bits per heavy atom. The van der Waals surface area contributed by atoms with Crippen molar-refractivity contribution in [3.63, 3.8) is 0 Å². The van der Waals surface area contributed by atoms with Gasteiger partial charge in [0.05, 0.1) is 7.11 Å². The molecule has 21 heavy (non-hydrogen) atoms. The van der Waals surface area contributed by atoms with Crippen molar-refractivity contribution in [3.8, 4) is 5.75 Å². The number of carboxylic acids is 1. The van der Waals surface area contributed by atoms with Crippen LogP contribution < -0.4 is 10.6 Å². The molecule has 0 aromatic heterocycles. The molecule has 0 aliphatic heterocycles. The molecule has 120 valence electrons. The predicted molar refractivity (Wildman–Crippen MR) is 85.0 cm³/mol. The maximum Gasteiger partial charge on any atom is 0.316 e. The number of unbranched alkanes of at least 4 members (excludes halogenated alkanes) is 3. The standard InChI is InChI=1S/C15H22O3S.H3NO/c1-3-4-5-6-10-14(15(16)17)19-13-9-7-8-12(11-13)18-2;1-2/h7-9,11,14H,3-6,10H2,1-2H3,(H,16,17);2H,1H2. The molecule has 0 amide bonds. The third kappa shape index (κ3) is 8.60. The van der Waals surface area contributed by atoms with Gasteiger partial charge in [0.1, 0.15) is 11.0 Å². The van der Waals surface area contributed by atoms with Gasteiger partial charge in [0, 0.05) is 4.90 Å². The Morgan fingerprint density at radius 3 is 2.62 bits per heavy atom. The summed E-state index contributed by atoms with van der Waals surface area (Å²) in [5.74, 6) is 3.53. The van der Waals surface area contributed by atoms with Gasteiger partial charge in [0.25, 0.3) is 0 Å². The van der Waals surface area contributed by atoms with Crippen LogP contribution in [-0.2, 0) is 4.79 Å². The SMILES string of the molecule is CCCCCCC(Sc1cccc(OC)c1)C(=O)O.NO. The topological polar surface area (TPSA) is 92.8 Å². The Labute approximate surface area is 130 Å². The minimum absolute atomic E-state index is 0.371. The molecule has 5 nitrogen and oxygen atoms in total. The second-order valence-electron chi connectivity index (χ2n) is 4.47. The molecule has 1 atom stereocenters. The number of ether oxygens (including phenoxy) is 1. The van der Waals surface area contributed by atoms with Gasteiger partial charge in [-0.3, -0.25) is 4.79 Å². The zero-order chi connectivity index (χ0) is 16.1. The number of methoxy groups -OCH3 is 1. The van der Waals surface area contributed by atoms with Gasteiger partial charge < -0.3 is 15.1 Å². The van der Waals surface area contributed by atoms with Crippen LogP contribution in [0.2, 0.25) is 0 Å². The fraction of sp³-hybridized carbons (Fsp3) is 0.533. The summed E-state index contributed by atoms with van der Waals surface area (Å²) in [5, 5.41) is 15.4. The molecule has 0 saturated heterocycles. The van der Waals surface area contributed by atoms with Gasteiger partial charge in [-0.25, -0.2) is 5.90 Å². The highest BCUT2D eigenvalue weighted by atomic mass is 32.2. The van der Waals surface area contributed by atoms with Crippen LogP contribution >= 0.6 is 11.8 Å². The summed E-state index contributed by atoms with van der Waals surface area (Å²) < 4.78 is 5.15. The Hall–Kier alpha value is -1.24. The molecular weight excluding hydrogens is 290 g/mol. The Kier molecular flexibility index (Phi) is 11.8. The number of hydrogen-bond acceptors (Lipinski definition) is 5. The quantitative estimate of drug-likeness (QED) is 0.366. The van der Waals surface area contributed by atoms with E-state index in [2.05, 4.69) is 12.8 Å². The van der Waals surface area contributed by atoms with Crippen molar-refractivity contribution in [1.82, 2.24) is 0 Å². The van der Waals surface area contributed by atoms with Crippen molar-refractivity contribution >= 4 is 17.7 Å². The Balaban J connectivity index is 0.00000191. The number of carboxylic acid groups (broad SMARTS) is 1. The molecule has 0 bridgehead atoms. The van der Waals surface area contributed by atoms with Crippen LogP contribution in [-0.4, -0.2) is 28.6 Å². The molecule has 0 aliphatic carbocycles. The Bertz CT molecular complexity index is 401. The first kappa shape index (κ1) is 19.8. The van der Waals surface area contributed by atoms with Crippen molar-refractivity contribution in [2.75, 3.05) is 7.11 Å². The fourth-order valence-electron chi connectivity index (χ4n) is 1.83. The highest BCUT2D eigenvalue weighted by molar-refractivity contribution is 8.00. The van der Waals surface area contributed by atoms with Crippen molar-refractivity contribution in [2.24, 2.45) is 5.90 Å². The van der Waals surface area contributed by atoms with Gasteiger partial charge in [-0.15, -0.1) is 11.8 Å². The molecule has 0 aliphatic rings. The van der Waals surface area contributed by atoms with E-state index in [0.29, 0.717) is 0 Å². The minimum atomic E-state index is -0.732. The Morgan fingerprint density at radius 2 is 2.05 bits per heavy atom. The fourth-order valence-corrected chi connectivity index (χ4v) is 2.88. The molecule has 0 radical (unpaired) electrons. The largest absolute Gasteiger partial charge is 0.497 e. The number of carbonyl (C=O) groups is 1. The van der Waals surface area contributed by atoms with Gasteiger partial charge in [0.2, 0.25) is 0 Å². The summed E-state index contributed by atoms with van der Waals surface area (Å²) in [7, 11) is 1.61. The molecule has 6 heteroatoms. The number of nitrogens with two attached hydrogens (primary N) is 1. The van der Waals surface area contributed by atoms with E-state index in [-0.39, 0.29) is 5.25 Å². The smallest absolute Gasteiger partial charge is 0.316 e. The van der Waals surface area contributed by atoms with E-state index >= 15 is 0 Å². The summed E-state index contributed by atoms with van der Waals surface area (Å²) in [6.45, 7) is 2.15. The maximum absolute atomic E-state index is 11.3. The summed E-state index contributed by atoms with van der Waals surface area (Å²) >= 11 is 1.40. The molecule has 0 spiro atoms. The maximum atomic E-state index is 11.3. The molecule has 1 rings (SSSR count). The van der Waals surface area contributed by atoms with E-state index in [1.807, 2.05) is 24.3 Å². The van der Waals surface area contributed by atoms with Crippen LogP contribution in [0.5, 0.6) is 5.75 Å². The first-order chi connectivity index (χ1) is 10.2. The van der Waals surface area contributed by atoms with Crippen LogP contribution in [0.25, 0.3) is 0 Å². The molecule has 1 unspecified atom stereocenters.